The minimum atomic E-state index is -0.650. The fourth-order valence-electron chi connectivity index (χ4n) is 1.70. The van der Waals surface area contributed by atoms with E-state index in [0.29, 0.717) is 5.75 Å². The number of nitrogens with two attached hydrogens (primary N) is 1. The zero-order valence-corrected chi connectivity index (χ0v) is 12.5. The second kappa shape index (κ2) is 7.78. The summed E-state index contributed by atoms with van der Waals surface area (Å²) in [7, 11) is 0. The number of hydrogen-bond acceptors (Lipinski definition) is 7. The van der Waals surface area contributed by atoms with Crippen LogP contribution in [-0.4, -0.2) is 41.3 Å². The summed E-state index contributed by atoms with van der Waals surface area (Å²) in [6.07, 6.45) is -0.650. The highest BCUT2D eigenvalue weighted by Gasteiger charge is 2.16. The fourth-order valence-corrected chi connectivity index (χ4v) is 1.70. The van der Waals surface area contributed by atoms with Crippen molar-refractivity contribution in [1.82, 2.24) is 20.9 Å². The number of benzene rings is 1. The van der Waals surface area contributed by atoms with Gasteiger partial charge in [0, 0.05) is 13.1 Å². The maximum atomic E-state index is 11.9. The largest absolute Gasteiger partial charge is 0.481 e. The van der Waals surface area contributed by atoms with Gasteiger partial charge in [0.25, 0.3) is 11.8 Å². The van der Waals surface area contributed by atoms with E-state index < -0.39 is 12.0 Å². The standard InChI is InChI=1S/C14H17N5O4/c1-9(22-10-5-3-2-4-6-10)13(20)16-7-8-17-14(21)11-12(15)19-23-18-11/h2-6,9H,7-8H2,1H3,(H2,15,19)(H,16,20)(H,17,21)/t9-/m0/s1. The second-order valence-electron chi connectivity index (χ2n) is 4.62. The van der Waals surface area contributed by atoms with E-state index in [4.69, 9.17) is 10.5 Å². The summed E-state index contributed by atoms with van der Waals surface area (Å²) in [5.74, 6) is -0.286. The number of nitrogens with one attached hydrogen (secondary N) is 2. The van der Waals surface area contributed by atoms with E-state index in [9.17, 15) is 9.59 Å². The molecule has 0 aliphatic carbocycles. The van der Waals surface area contributed by atoms with E-state index in [2.05, 4.69) is 25.6 Å². The summed E-state index contributed by atoms with van der Waals surface area (Å²) in [5, 5.41) is 11.9. The van der Waals surface area contributed by atoms with Crippen molar-refractivity contribution in [2.45, 2.75) is 13.0 Å². The van der Waals surface area contributed by atoms with Gasteiger partial charge in [0.05, 0.1) is 0 Å². The Labute approximate surface area is 132 Å². The highest BCUT2D eigenvalue weighted by molar-refractivity contribution is 5.96. The lowest BCUT2D eigenvalue weighted by Gasteiger charge is -2.14. The molecule has 4 N–H and O–H groups in total. The number of carbonyl (C=O) groups is 2. The minimum absolute atomic E-state index is 0.0860. The Morgan fingerprint density at radius 1 is 1.22 bits per heavy atom. The van der Waals surface area contributed by atoms with Crippen LogP contribution in [0.2, 0.25) is 0 Å². The summed E-state index contributed by atoms with van der Waals surface area (Å²) in [6, 6.07) is 9.03. The number of nitrogen functional groups attached to an aromatic ring is 1. The first-order chi connectivity index (χ1) is 11.1. The first-order valence-corrected chi connectivity index (χ1v) is 6.93. The van der Waals surface area contributed by atoms with E-state index >= 15 is 0 Å². The number of anilines is 1. The molecule has 23 heavy (non-hydrogen) atoms. The third kappa shape index (κ3) is 4.70. The minimum Gasteiger partial charge on any atom is -0.481 e. The van der Waals surface area contributed by atoms with Crippen molar-refractivity contribution in [1.29, 1.82) is 0 Å². The van der Waals surface area contributed by atoms with Gasteiger partial charge in [0.2, 0.25) is 11.5 Å². The number of rotatable bonds is 7. The number of nitrogens with zero attached hydrogens (tertiary/aromatic N) is 2. The predicted octanol–water partition coefficient (Wildman–Crippen LogP) is -0.0347. The molecule has 122 valence electrons. The summed E-state index contributed by atoms with van der Waals surface area (Å²) in [6.45, 7) is 2.08. The van der Waals surface area contributed by atoms with Gasteiger partial charge in [-0.2, -0.15) is 0 Å². The smallest absolute Gasteiger partial charge is 0.277 e. The third-order valence-corrected chi connectivity index (χ3v) is 2.86. The van der Waals surface area contributed by atoms with Crippen LogP contribution < -0.4 is 21.1 Å². The van der Waals surface area contributed by atoms with Crippen molar-refractivity contribution in [3.63, 3.8) is 0 Å². The molecule has 0 unspecified atom stereocenters. The molecular formula is C14H17N5O4. The third-order valence-electron chi connectivity index (χ3n) is 2.86. The normalized spacial score (nSPS) is 11.5. The molecule has 0 saturated carbocycles. The number of ether oxygens (including phenoxy) is 1. The highest BCUT2D eigenvalue weighted by Crippen LogP contribution is 2.10. The van der Waals surface area contributed by atoms with Gasteiger partial charge in [-0.15, -0.1) is 0 Å². The predicted molar refractivity (Wildman–Crippen MR) is 80.6 cm³/mol. The first-order valence-electron chi connectivity index (χ1n) is 6.93. The van der Waals surface area contributed by atoms with Gasteiger partial charge in [0.15, 0.2) is 6.10 Å². The molecule has 0 aliphatic heterocycles. The Balaban J connectivity index is 1.68. The van der Waals surface area contributed by atoms with E-state index in [-0.39, 0.29) is 30.5 Å². The van der Waals surface area contributed by atoms with Gasteiger partial charge in [-0.1, -0.05) is 18.2 Å². The quantitative estimate of drug-likeness (QED) is 0.610. The fraction of sp³-hybridized carbons (Fsp3) is 0.286. The molecule has 9 nitrogen and oxygen atoms in total. The lowest BCUT2D eigenvalue weighted by Crippen LogP contribution is -2.40. The van der Waals surface area contributed by atoms with Crippen molar-refractivity contribution in [3.8, 4) is 5.75 Å². The summed E-state index contributed by atoms with van der Waals surface area (Å²) < 4.78 is 9.81. The molecule has 0 aliphatic rings. The van der Waals surface area contributed by atoms with Crippen molar-refractivity contribution in [2.24, 2.45) is 0 Å². The summed E-state index contributed by atoms with van der Waals surface area (Å²) in [5.41, 5.74) is 5.31. The van der Waals surface area contributed by atoms with Crippen LogP contribution in [0.4, 0.5) is 5.82 Å². The first kappa shape index (κ1) is 16.3. The lowest BCUT2D eigenvalue weighted by molar-refractivity contribution is -0.127. The molecule has 1 heterocycles. The second-order valence-corrected chi connectivity index (χ2v) is 4.62. The monoisotopic (exact) mass is 319 g/mol. The molecule has 0 bridgehead atoms. The Kier molecular flexibility index (Phi) is 5.50. The molecule has 1 atom stereocenters. The van der Waals surface area contributed by atoms with Gasteiger partial charge in [0.1, 0.15) is 5.75 Å². The maximum Gasteiger partial charge on any atom is 0.277 e. The Morgan fingerprint density at radius 3 is 2.57 bits per heavy atom. The van der Waals surface area contributed by atoms with E-state index in [1.54, 1.807) is 19.1 Å². The SMILES string of the molecule is C[C@H](Oc1ccccc1)C(=O)NCCNC(=O)c1nonc1N. The van der Waals surface area contributed by atoms with Gasteiger partial charge < -0.3 is 21.1 Å². The molecular weight excluding hydrogens is 302 g/mol. The van der Waals surface area contributed by atoms with Crippen molar-refractivity contribution >= 4 is 17.6 Å². The molecule has 9 heteroatoms. The van der Waals surface area contributed by atoms with E-state index in [1.807, 2.05) is 18.2 Å². The number of para-hydroxylation sites is 1. The molecule has 0 saturated heterocycles. The van der Waals surface area contributed by atoms with Gasteiger partial charge in [-0.25, -0.2) is 4.63 Å². The van der Waals surface area contributed by atoms with Gasteiger partial charge in [-0.05, 0) is 29.4 Å². The Bertz CT molecular complexity index is 658. The zero-order chi connectivity index (χ0) is 16.7. The van der Waals surface area contributed by atoms with Gasteiger partial charge >= 0.3 is 0 Å². The maximum absolute atomic E-state index is 11.9. The van der Waals surface area contributed by atoms with Crippen LogP contribution in [0.5, 0.6) is 5.75 Å². The van der Waals surface area contributed by atoms with Crippen LogP contribution in [-0.2, 0) is 4.79 Å². The molecule has 0 radical (unpaired) electrons. The molecule has 2 amide bonds. The summed E-state index contributed by atoms with van der Waals surface area (Å²) in [4.78, 5) is 23.5. The Hall–Kier alpha value is -3.10. The molecule has 1 aromatic carbocycles. The lowest BCUT2D eigenvalue weighted by atomic mass is 10.3. The molecule has 0 spiro atoms. The van der Waals surface area contributed by atoms with Crippen LogP contribution in [0.3, 0.4) is 0 Å². The van der Waals surface area contributed by atoms with Crippen LogP contribution in [0.15, 0.2) is 35.0 Å². The highest BCUT2D eigenvalue weighted by atomic mass is 16.6. The molecule has 2 rings (SSSR count). The van der Waals surface area contributed by atoms with Crippen molar-refractivity contribution in [2.75, 3.05) is 18.8 Å². The topological polar surface area (TPSA) is 132 Å². The average molecular weight is 319 g/mol. The number of carbonyl (C=O) groups excluding carboxylic acids is 2. The van der Waals surface area contributed by atoms with E-state index in [0.717, 1.165) is 0 Å². The van der Waals surface area contributed by atoms with Gasteiger partial charge in [-0.3, -0.25) is 9.59 Å². The van der Waals surface area contributed by atoms with Crippen LogP contribution >= 0.6 is 0 Å². The van der Waals surface area contributed by atoms with Crippen LogP contribution in [0, 0.1) is 0 Å². The van der Waals surface area contributed by atoms with Crippen LogP contribution in [0.25, 0.3) is 0 Å². The zero-order valence-electron chi connectivity index (χ0n) is 12.5. The molecule has 0 fully saturated rings. The van der Waals surface area contributed by atoms with Crippen molar-refractivity contribution in [3.05, 3.63) is 36.0 Å². The number of hydrogen-bond donors (Lipinski definition) is 3. The molecule has 1 aromatic heterocycles. The average Bonchev–Trinajstić information content (AvgIpc) is 2.98. The van der Waals surface area contributed by atoms with Crippen LogP contribution in [0.1, 0.15) is 17.4 Å². The summed E-state index contributed by atoms with van der Waals surface area (Å²) >= 11 is 0. The number of amides is 2. The van der Waals surface area contributed by atoms with E-state index in [1.165, 1.54) is 0 Å². The Morgan fingerprint density at radius 2 is 1.91 bits per heavy atom. The van der Waals surface area contributed by atoms with Crippen molar-refractivity contribution < 1.29 is 19.0 Å². The number of aromatic nitrogens is 2. The molecule has 2 aromatic rings.